The summed E-state index contributed by atoms with van der Waals surface area (Å²) in [6.45, 7) is 5.01. The fourth-order valence-corrected chi connectivity index (χ4v) is 6.87. The molecule has 1 saturated heterocycles. The zero-order valence-corrected chi connectivity index (χ0v) is 28.6. The normalized spacial score (nSPS) is 25.8. The quantitative estimate of drug-likeness (QED) is 0.0266. The van der Waals surface area contributed by atoms with Crippen LogP contribution in [0.25, 0.3) is 0 Å². The molecule has 1 aromatic carbocycles. The first-order chi connectivity index (χ1) is 23.9. The van der Waals surface area contributed by atoms with Crippen molar-refractivity contribution in [3.63, 3.8) is 0 Å². The molecule has 4 rings (SSSR count). The van der Waals surface area contributed by atoms with Crippen molar-refractivity contribution >= 4 is 47.1 Å². The summed E-state index contributed by atoms with van der Waals surface area (Å²) in [5, 5.41) is 31.4. The smallest absolute Gasteiger partial charge is 0.331 e. The van der Waals surface area contributed by atoms with Crippen LogP contribution in [-0.4, -0.2) is 74.7 Å². The first kappa shape index (κ1) is 39.9. The fraction of sp³-hybridized carbons (Fsp3) is 0.471. The van der Waals surface area contributed by atoms with Crippen LogP contribution in [0.2, 0.25) is 0 Å². The van der Waals surface area contributed by atoms with Crippen LogP contribution in [0.3, 0.4) is 0 Å². The number of nitrogens with zero attached hydrogens (tertiary/aromatic N) is 2. The van der Waals surface area contributed by atoms with Crippen LogP contribution in [-0.2, 0) is 33.4 Å². The molecule has 1 saturated carbocycles. The Bertz CT molecular complexity index is 1670. The number of guanidine groups is 1. The van der Waals surface area contributed by atoms with Crippen molar-refractivity contribution in [2.24, 2.45) is 33.5 Å². The number of non-ortho nitro benzene ring substituents is 1. The summed E-state index contributed by atoms with van der Waals surface area (Å²) in [4.78, 5) is 74.3. The van der Waals surface area contributed by atoms with Crippen LogP contribution in [0.5, 0.6) is 0 Å². The van der Waals surface area contributed by atoms with Crippen molar-refractivity contribution in [1.29, 1.82) is 0 Å². The van der Waals surface area contributed by atoms with E-state index in [0.29, 0.717) is 43.5 Å². The number of allylic oxidation sites excluding steroid dienone is 3. The Morgan fingerprint density at radius 2 is 1.84 bits per heavy atom. The van der Waals surface area contributed by atoms with E-state index in [1.807, 2.05) is 0 Å². The van der Waals surface area contributed by atoms with Gasteiger partial charge in [-0.25, -0.2) is 4.79 Å². The zero-order valence-electron chi connectivity index (χ0n) is 28.6. The number of nitrogens with one attached hydrogen (secondary N) is 1. The Balaban J connectivity index is 0.000000501. The molecule has 5 atom stereocenters. The molecule has 17 nitrogen and oxygen atoms in total. The SMILES string of the molecule is CC(=O)O[C@]12CCC(C(=O)O)=CC[C@]13CC[C@H]2[C@@](C)(/C=C/C=C(\C)C(=O)Nc1ccc([N+](=O)[O-])cc1)OC3=O.NC(N)=NCCC[C@H](N)C(=O)O. The maximum Gasteiger partial charge on any atom is 0.331 e. The number of amides is 1. The van der Waals surface area contributed by atoms with E-state index >= 15 is 0 Å². The van der Waals surface area contributed by atoms with Gasteiger partial charge in [-0.2, -0.15) is 0 Å². The summed E-state index contributed by atoms with van der Waals surface area (Å²) in [5.41, 5.74) is 12.6. The average Bonchev–Trinajstić information content (AvgIpc) is 3.19. The second-order valence-corrected chi connectivity index (χ2v) is 12.8. The molecule has 0 unspecified atom stereocenters. The van der Waals surface area contributed by atoms with E-state index in [-0.39, 0.29) is 36.5 Å². The monoisotopic (exact) mass is 712 g/mol. The molecule has 17 heteroatoms. The lowest BCUT2D eigenvalue weighted by Gasteiger charge is -2.54. The van der Waals surface area contributed by atoms with E-state index in [1.165, 1.54) is 31.2 Å². The minimum absolute atomic E-state index is 0.0129. The number of carboxylic acids is 2. The Labute approximate surface area is 293 Å². The largest absolute Gasteiger partial charge is 0.480 e. The van der Waals surface area contributed by atoms with E-state index in [4.69, 9.17) is 31.8 Å². The number of carbonyl (C=O) groups is 5. The van der Waals surface area contributed by atoms with Crippen LogP contribution in [0.4, 0.5) is 11.4 Å². The van der Waals surface area contributed by atoms with Gasteiger partial charge in [0.2, 0.25) is 0 Å². The number of cyclic esters (lactones) is 1. The maximum atomic E-state index is 13.6. The highest BCUT2D eigenvalue weighted by Crippen LogP contribution is 2.65. The summed E-state index contributed by atoms with van der Waals surface area (Å²) < 4.78 is 11.9. The summed E-state index contributed by atoms with van der Waals surface area (Å²) in [6, 6.07) is 4.62. The summed E-state index contributed by atoms with van der Waals surface area (Å²) in [5.74, 6) is -3.99. The molecule has 1 heterocycles. The van der Waals surface area contributed by atoms with Crippen molar-refractivity contribution in [2.45, 2.75) is 83.0 Å². The highest BCUT2D eigenvalue weighted by Gasteiger charge is 2.74. The van der Waals surface area contributed by atoms with Gasteiger partial charge < -0.3 is 42.2 Å². The summed E-state index contributed by atoms with van der Waals surface area (Å²) in [6.07, 6.45) is 8.67. The third kappa shape index (κ3) is 9.16. The molecule has 3 aliphatic rings. The van der Waals surface area contributed by atoms with Crippen LogP contribution in [0.15, 0.2) is 64.7 Å². The van der Waals surface area contributed by atoms with Crippen LogP contribution < -0.4 is 22.5 Å². The summed E-state index contributed by atoms with van der Waals surface area (Å²) >= 11 is 0. The number of carbonyl (C=O) groups excluding carboxylic acids is 3. The first-order valence-electron chi connectivity index (χ1n) is 16.2. The third-order valence-corrected chi connectivity index (χ3v) is 9.44. The number of hydrogen-bond acceptors (Lipinski definition) is 11. The number of hydrogen-bond donors (Lipinski definition) is 6. The second kappa shape index (κ2) is 16.4. The van der Waals surface area contributed by atoms with Gasteiger partial charge in [-0.3, -0.25) is 34.3 Å². The Hall–Kier alpha value is -5.58. The van der Waals surface area contributed by atoms with Gasteiger partial charge in [-0.1, -0.05) is 18.2 Å². The third-order valence-electron chi connectivity index (χ3n) is 9.44. The maximum absolute atomic E-state index is 13.6. The number of anilines is 1. The minimum atomic E-state index is -1.23. The predicted molar refractivity (Wildman–Crippen MR) is 184 cm³/mol. The lowest BCUT2D eigenvalue weighted by Crippen LogP contribution is -2.65. The van der Waals surface area contributed by atoms with E-state index in [0.717, 1.165) is 0 Å². The standard InChI is InChI=1S/C28H30N2O9.C6H14N4O2/c1-17(23(32)29-20-6-8-21(9-7-20)30(36)37)5-4-13-26(3)22-12-15-27(25(35)39-26)14-10-19(24(33)34)11-16-28(22,27)38-18(2)31;7-4(5(11)12)2-1-3-10-6(8)9/h4-10,13,22H,11-12,14-16H2,1-3H3,(H,29,32)(H,33,34);4H,1-3,7H2,(H,11,12)(H4,8,9,10)/b13-4+,17-5+;/t22-,26+,27+,28-;4-/m00/s1. The number of rotatable bonds is 12. The molecule has 2 fully saturated rings. The molecule has 0 radical (unpaired) electrons. The molecule has 9 N–H and O–H groups in total. The predicted octanol–water partition coefficient (Wildman–Crippen LogP) is 2.70. The van der Waals surface area contributed by atoms with Crippen LogP contribution in [0, 0.1) is 21.4 Å². The Morgan fingerprint density at radius 1 is 1.18 bits per heavy atom. The average molecular weight is 713 g/mol. The van der Waals surface area contributed by atoms with Crippen molar-refractivity contribution in [3.05, 3.63) is 69.8 Å². The Kier molecular flexibility index (Phi) is 12.8. The van der Waals surface area contributed by atoms with Gasteiger partial charge in [0.05, 0.1) is 4.92 Å². The minimum Gasteiger partial charge on any atom is -0.480 e. The topological polar surface area (TPSA) is 290 Å². The van der Waals surface area contributed by atoms with Crippen molar-refractivity contribution < 1.29 is 48.6 Å². The van der Waals surface area contributed by atoms with Crippen molar-refractivity contribution in [3.8, 4) is 0 Å². The van der Waals surface area contributed by atoms with Gasteiger partial charge in [0.25, 0.3) is 11.6 Å². The van der Waals surface area contributed by atoms with Crippen molar-refractivity contribution in [2.75, 3.05) is 11.9 Å². The van der Waals surface area contributed by atoms with Gasteiger partial charge in [-0.15, -0.1) is 0 Å². The number of ether oxygens (including phenoxy) is 2. The molecule has 51 heavy (non-hydrogen) atoms. The summed E-state index contributed by atoms with van der Waals surface area (Å²) in [7, 11) is 0. The number of carboxylic acid groups (broad SMARTS) is 2. The molecule has 276 valence electrons. The number of aliphatic carboxylic acids is 2. The van der Waals surface area contributed by atoms with E-state index < -0.39 is 63.3 Å². The van der Waals surface area contributed by atoms with Gasteiger partial charge >= 0.3 is 23.9 Å². The second-order valence-electron chi connectivity index (χ2n) is 12.8. The van der Waals surface area contributed by atoms with E-state index in [9.17, 15) is 39.2 Å². The highest BCUT2D eigenvalue weighted by molar-refractivity contribution is 6.03. The van der Waals surface area contributed by atoms with Gasteiger partial charge in [0.15, 0.2) is 5.96 Å². The zero-order chi connectivity index (χ0) is 38.1. The molecule has 1 aliphatic heterocycles. The van der Waals surface area contributed by atoms with E-state index in [1.54, 1.807) is 38.2 Å². The highest BCUT2D eigenvalue weighted by atomic mass is 16.6. The number of aliphatic imine (C=N–C) groups is 1. The molecule has 2 bridgehead atoms. The number of nitro benzene ring substituents is 1. The molecular weight excluding hydrogens is 668 g/mol. The molecule has 0 aromatic heterocycles. The van der Waals surface area contributed by atoms with Gasteiger partial charge in [0.1, 0.15) is 22.7 Å². The Morgan fingerprint density at radius 3 is 2.41 bits per heavy atom. The lowest BCUT2D eigenvalue weighted by atomic mass is 9.62. The fourth-order valence-electron chi connectivity index (χ4n) is 6.87. The lowest BCUT2D eigenvalue weighted by molar-refractivity contribution is -0.384. The van der Waals surface area contributed by atoms with Crippen LogP contribution >= 0.6 is 0 Å². The molecule has 0 spiro atoms. The number of esters is 2. The number of nitro groups is 1. The molecular formula is C34H44N6O11. The number of benzene rings is 1. The van der Waals surface area contributed by atoms with Gasteiger partial charge in [-0.05, 0) is 77.0 Å². The van der Waals surface area contributed by atoms with E-state index in [2.05, 4.69) is 10.3 Å². The first-order valence-corrected chi connectivity index (χ1v) is 16.2. The van der Waals surface area contributed by atoms with Crippen LogP contribution in [0.1, 0.15) is 65.7 Å². The number of nitrogens with two attached hydrogens (primary N) is 3. The van der Waals surface area contributed by atoms with Gasteiger partial charge in [0, 0.05) is 48.4 Å². The molecule has 1 aromatic rings. The molecule has 1 amide bonds. The molecule has 2 aliphatic carbocycles. The van der Waals surface area contributed by atoms with Crippen molar-refractivity contribution in [1.82, 2.24) is 0 Å².